The van der Waals surface area contributed by atoms with Gasteiger partial charge in [0.25, 0.3) is 0 Å². The number of hydrogen-bond acceptors (Lipinski definition) is 7. The fraction of sp³-hybridized carbons (Fsp3) is 0.556. The first-order valence-corrected chi connectivity index (χ1v) is 13.0. The summed E-state index contributed by atoms with van der Waals surface area (Å²) in [5.74, 6) is 0.774. The molecule has 192 valence electrons. The summed E-state index contributed by atoms with van der Waals surface area (Å²) in [6.07, 6.45) is 10.2. The summed E-state index contributed by atoms with van der Waals surface area (Å²) in [5.41, 5.74) is 9.80. The third-order valence-corrected chi connectivity index (χ3v) is 7.12. The molecule has 1 aliphatic carbocycles. The quantitative estimate of drug-likeness (QED) is 0.550. The van der Waals surface area contributed by atoms with Gasteiger partial charge in [-0.2, -0.15) is 5.10 Å². The van der Waals surface area contributed by atoms with Crippen molar-refractivity contribution in [1.82, 2.24) is 24.6 Å². The summed E-state index contributed by atoms with van der Waals surface area (Å²) >= 11 is 0. The minimum absolute atomic E-state index is 0.246. The summed E-state index contributed by atoms with van der Waals surface area (Å²) in [4.78, 5) is 26.0. The van der Waals surface area contributed by atoms with Crippen LogP contribution in [-0.4, -0.2) is 69.1 Å². The third-order valence-electron chi connectivity index (χ3n) is 7.12. The second-order valence-electron chi connectivity index (χ2n) is 11.0. The predicted molar refractivity (Wildman–Crippen MR) is 141 cm³/mol. The first kappa shape index (κ1) is 24.5. The molecule has 1 saturated heterocycles. The number of fused-ring (bicyclic) bond motifs is 1. The van der Waals surface area contributed by atoms with Crippen LogP contribution < -0.4 is 10.6 Å². The number of aromatic nitrogens is 4. The van der Waals surface area contributed by atoms with E-state index in [1.165, 1.54) is 19.3 Å². The van der Waals surface area contributed by atoms with E-state index in [1.54, 1.807) is 4.90 Å². The van der Waals surface area contributed by atoms with Crippen LogP contribution in [-0.2, 0) is 4.74 Å². The highest BCUT2D eigenvalue weighted by atomic mass is 16.6. The molecular weight excluding hydrogens is 454 g/mol. The third kappa shape index (κ3) is 5.46. The molecule has 9 nitrogen and oxygen atoms in total. The van der Waals surface area contributed by atoms with E-state index in [-0.39, 0.29) is 6.09 Å². The van der Waals surface area contributed by atoms with Crippen molar-refractivity contribution in [2.45, 2.75) is 58.1 Å². The molecule has 0 spiro atoms. The zero-order valence-electron chi connectivity index (χ0n) is 21.6. The van der Waals surface area contributed by atoms with E-state index in [2.05, 4.69) is 38.0 Å². The number of nitrogens with zero attached hydrogens (tertiary/aromatic N) is 6. The largest absolute Gasteiger partial charge is 0.444 e. The number of amides is 1. The zero-order chi connectivity index (χ0) is 25.3. The summed E-state index contributed by atoms with van der Waals surface area (Å²) in [5, 5.41) is 4.62. The number of anilines is 1. The number of carbonyl (C=O) groups is 1. The molecule has 0 atom stereocenters. The molecule has 1 saturated carbocycles. The van der Waals surface area contributed by atoms with E-state index in [4.69, 9.17) is 15.5 Å². The van der Waals surface area contributed by atoms with Gasteiger partial charge >= 0.3 is 6.09 Å². The monoisotopic (exact) mass is 491 g/mol. The second-order valence-corrected chi connectivity index (χ2v) is 11.0. The molecule has 3 heterocycles. The van der Waals surface area contributed by atoms with E-state index < -0.39 is 5.60 Å². The van der Waals surface area contributed by atoms with Crippen molar-refractivity contribution in [3.8, 4) is 11.3 Å². The fourth-order valence-electron chi connectivity index (χ4n) is 5.04. The Morgan fingerprint density at radius 3 is 2.61 bits per heavy atom. The lowest BCUT2D eigenvalue weighted by molar-refractivity contribution is 0.0240. The van der Waals surface area contributed by atoms with Gasteiger partial charge in [-0.05, 0) is 77.1 Å². The molecule has 1 aromatic carbocycles. The Balaban J connectivity index is 1.24. The van der Waals surface area contributed by atoms with Gasteiger partial charge in [-0.3, -0.25) is 9.67 Å². The Hall–Kier alpha value is -3.20. The van der Waals surface area contributed by atoms with E-state index in [0.29, 0.717) is 19.1 Å². The Labute approximate surface area is 212 Å². The molecule has 1 aliphatic heterocycles. The first-order valence-electron chi connectivity index (χ1n) is 13.0. The molecule has 2 fully saturated rings. The van der Waals surface area contributed by atoms with Crippen LogP contribution in [0.3, 0.4) is 0 Å². The number of piperazine rings is 1. The van der Waals surface area contributed by atoms with Crippen molar-refractivity contribution < 1.29 is 9.53 Å². The van der Waals surface area contributed by atoms with E-state index >= 15 is 0 Å². The van der Waals surface area contributed by atoms with Gasteiger partial charge in [0.1, 0.15) is 5.60 Å². The van der Waals surface area contributed by atoms with E-state index in [0.717, 1.165) is 60.0 Å². The summed E-state index contributed by atoms with van der Waals surface area (Å²) in [6.45, 7) is 9.21. The smallest absolute Gasteiger partial charge is 0.410 e. The van der Waals surface area contributed by atoms with Crippen molar-refractivity contribution in [3.05, 3.63) is 36.8 Å². The van der Waals surface area contributed by atoms with Gasteiger partial charge in [0.05, 0.1) is 35.2 Å². The topological polar surface area (TPSA) is 102 Å². The number of ether oxygens (including phenoxy) is 1. The van der Waals surface area contributed by atoms with Crippen LogP contribution in [0.2, 0.25) is 0 Å². The first-order chi connectivity index (χ1) is 17.3. The lowest BCUT2D eigenvalue weighted by atomic mass is 9.77. The molecule has 5 rings (SSSR count). The SMILES string of the molecule is CC(C)(C)OC(=O)N1CCN(c2ccc3ncc(-c4cnn(C5CC(CCCN)C5)c4)nc3c2)CC1. The minimum Gasteiger partial charge on any atom is -0.444 e. The van der Waals surface area contributed by atoms with Gasteiger partial charge in [0.15, 0.2) is 0 Å². The molecule has 3 aromatic rings. The number of benzene rings is 1. The Morgan fingerprint density at radius 1 is 1.11 bits per heavy atom. The van der Waals surface area contributed by atoms with Gasteiger partial charge in [0, 0.05) is 43.6 Å². The van der Waals surface area contributed by atoms with Gasteiger partial charge in [-0.25, -0.2) is 9.78 Å². The van der Waals surface area contributed by atoms with Gasteiger partial charge in [0.2, 0.25) is 0 Å². The standard InChI is InChI=1S/C27H37N7O2/c1-27(2,3)36-26(35)33-11-9-32(10-12-33)21-6-7-23-24(15-21)31-25(17-29-23)20-16-30-34(18-20)22-13-19(14-22)5-4-8-28/h6-7,15-19,22H,4-5,8-14,28H2,1-3H3. The highest BCUT2D eigenvalue weighted by molar-refractivity contribution is 5.81. The van der Waals surface area contributed by atoms with Crippen LogP contribution in [0.15, 0.2) is 36.8 Å². The summed E-state index contributed by atoms with van der Waals surface area (Å²) < 4.78 is 7.60. The Kier molecular flexibility index (Phi) is 6.83. The minimum atomic E-state index is -0.482. The lowest BCUT2D eigenvalue weighted by Crippen LogP contribution is -2.50. The van der Waals surface area contributed by atoms with Crippen LogP contribution in [0, 0.1) is 5.92 Å². The summed E-state index contributed by atoms with van der Waals surface area (Å²) in [7, 11) is 0. The van der Waals surface area contributed by atoms with Gasteiger partial charge < -0.3 is 20.3 Å². The molecule has 2 aromatic heterocycles. The zero-order valence-corrected chi connectivity index (χ0v) is 21.6. The molecule has 2 aliphatic rings. The Morgan fingerprint density at radius 2 is 1.89 bits per heavy atom. The average Bonchev–Trinajstić information content (AvgIpc) is 3.31. The summed E-state index contributed by atoms with van der Waals surface area (Å²) in [6, 6.07) is 6.66. The number of rotatable bonds is 6. The predicted octanol–water partition coefficient (Wildman–Crippen LogP) is 4.24. The van der Waals surface area contributed by atoms with Crippen molar-refractivity contribution in [2.24, 2.45) is 11.7 Å². The second kappa shape index (κ2) is 10.0. The van der Waals surface area contributed by atoms with Crippen LogP contribution >= 0.6 is 0 Å². The number of hydrogen-bond donors (Lipinski definition) is 1. The van der Waals surface area contributed by atoms with Crippen LogP contribution in [0.1, 0.15) is 52.5 Å². The molecule has 0 unspecified atom stereocenters. The van der Waals surface area contributed by atoms with Crippen LogP contribution in [0.5, 0.6) is 0 Å². The molecule has 36 heavy (non-hydrogen) atoms. The van der Waals surface area contributed by atoms with Gasteiger partial charge in [-0.1, -0.05) is 0 Å². The van der Waals surface area contributed by atoms with Crippen molar-refractivity contribution in [2.75, 3.05) is 37.6 Å². The van der Waals surface area contributed by atoms with Crippen LogP contribution in [0.25, 0.3) is 22.3 Å². The maximum absolute atomic E-state index is 12.4. The van der Waals surface area contributed by atoms with Gasteiger partial charge in [-0.15, -0.1) is 0 Å². The van der Waals surface area contributed by atoms with Crippen molar-refractivity contribution >= 4 is 22.8 Å². The average molecular weight is 492 g/mol. The molecule has 0 radical (unpaired) electrons. The fourth-order valence-corrected chi connectivity index (χ4v) is 5.04. The number of nitrogens with two attached hydrogens (primary N) is 1. The number of carbonyl (C=O) groups excluding carboxylic acids is 1. The lowest BCUT2D eigenvalue weighted by Gasteiger charge is -2.36. The molecule has 2 N–H and O–H groups in total. The normalized spacial score (nSPS) is 20.4. The van der Waals surface area contributed by atoms with Crippen molar-refractivity contribution in [1.29, 1.82) is 0 Å². The Bertz CT molecular complexity index is 1200. The highest BCUT2D eigenvalue weighted by Crippen LogP contribution is 2.40. The van der Waals surface area contributed by atoms with Crippen LogP contribution in [0.4, 0.5) is 10.5 Å². The molecular formula is C27H37N7O2. The molecule has 9 heteroatoms. The molecule has 1 amide bonds. The maximum Gasteiger partial charge on any atom is 0.410 e. The van der Waals surface area contributed by atoms with E-state index in [9.17, 15) is 4.79 Å². The highest BCUT2D eigenvalue weighted by Gasteiger charge is 2.30. The van der Waals surface area contributed by atoms with E-state index in [1.807, 2.05) is 39.2 Å². The maximum atomic E-state index is 12.4. The van der Waals surface area contributed by atoms with Crippen molar-refractivity contribution in [3.63, 3.8) is 0 Å². The molecule has 0 bridgehead atoms.